The van der Waals surface area contributed by atoms with Crippen LogP contribution in [0.1, 0.15) is 49.1 Å². The van der Waals surface area contributed by atoms with Crippen LogP contribution in [0.25, 0.3) is 0 Å². The second-order valence-corrected chi connectivity index (χ2v) is 4.07. The number of aromatic nitrogens is 1. The van der Waals surface area contributed by atoms with E-state index in [1.807, 2.05) is 0 Å². The van der Waals surface area contributed by atoms with Crippen LogP contribution in [-0.2, 0) is 6.54 Å². The Kier molecular flexibility index (Phi) is 2.87. The second-order valence-electron chi connectivity index (χ2n) is 4.07. The normalized spacial score (nSPS) is 16.1. The van der Waals surface area contributed by atoms with Crippen molar-refractivity contribution in [3.8, 4) is 0 Å². The molecule has 1 fully saturated rings. The van der Waals surface area contributed by atoms with E-state index in [0.29, 0.717) is 5.92 Å². The van der Waals surface area contributed by atoms with Crippen molar-refractivity contribution in [2.45, 2.75) is 45.6 Å². The highest BCUT2D eigenvalue weighted by molar-refractivity contribution is 5.26. The van der Waals surface area contributed by atoms with Gasteiger partial charge in [0.2, 0.25) is 0 Å². The van der Waals surface area contributed by atoms with Gasteiger partial charge in [-0.05, 0) is 32.7 Å². The molecular formula is C11H18N2O. The SMILES string of the molecule is CCCNCc1noc(C2CC2)c1C. The zero-order chi connectivity index (χ0) is 9.97. The number of hydrogen-bond acceptors (Lipinski definition) is 3. The van der Waals surface area contributed by atoms with Gasteiger partial charge in [0.05, 0.1) is 0 Å². The molecule has 0 atom stereocenters. The average molecular weight is 194 g/mol. The molecule has 0 unspecified atom stereocenters. The number of hydrogen-bond donors (Lipinski definition) is 1. The molecule has 0 saturated heterocycles. The van der Waals surface area contributed by atoms with E-state index in [2.05, 4.69) is 24.3 Å². The summed E-state index contributed by atoms with van der Waals surface area (Å²) in [6.45, 7) is 6.17. The molecule has 0 aromatic carbocycles. The molecule has 0 amide bonds. The van der Waals surface area contributed by atoms with Crippen molar-refractivity contribution in [3.05, 3.63) is 17.0 Å². The van der Waals surface area contributed by atoms with Gasteiger partial charge in [-0.25, -0.2) is 0 Å². The van der Waals surface area contributed by atoms with Crippen molar-refractivity contribution in [2.24, 2.45) is 0 Å². The first-order valence-electron chi connectivity index (χ1n) is 5.48. The van der Waals surface area contributed by atoms with Gasteiger partial charge in [-0.1, -0.05) is 12.1 Å². The Morgan fingerprint density at radius 2 is 2.29 bits per heavy atom. The Bertz CT molecular complexity index is 302. The Morgan fingerprint density at radius 3 is 2.93 bits per heavy atom. The molecule has 2 rings (SSSR count). The van der Waals surface area contributed by atoms with Crippen molar-refractivity contribution < 1.29 is 4.52 Å². The molecule has 3 nitrogen and oxygen atoms in total. The highest BCUT2D eigenvalue weighted by Crippen LogP contribution is 2.42. The van der Waals surface area contributed by atoms with Crippen LogP contribution in [0.5, 0.6) is 0 Å². The van der Waals surface area contributed by atoms with Crippen LogP contribution >= 0.6 is 0 Å². The Morgan fingerprint density at radius 1 is 1.50 bits per heavy atom. The minimum atomic E-state index is 0.669. The summed E-state index contributed by atoms with van der Waals surface area (Å²) in [4.78, 5) is 0. The maximum Gasteiger partial charge on any atom is 0.143 e. The first-order chi connectivity index (χ1) is 6.83. The van der Waals surface area contributed by atoms with E-state index in [1.54, 1.807) is 0 Å². The first kappa shape index (κ1) is 9.71. The fourth-order valence-electron chi connectivity index (χ4n) is 1.66. The zero-order valence-electron chi connectivity index (χ0n) is 8.97. The lowest BCUT2D eigenvalue weighted by Crippen LogP contribution is -2.14. The third-order valence-electron chi connectivity index (χ3n) is 2.72. The van der Waals surface area contributed by atoms with Crippen molar-refractivity contribution in [3.63, 3.8) is 0 Å². The summed E-state index contributed by atoms with van der Waals surface area (Å²) in [6, 6.07) is 0. The topological polar surface area (TPSA) is 38.1 Å². The van der Waals surface area contributed by atoms with Crippen molar-refractivity contribution in [1.29, 1.82) is 0 Å². The van der Waals surface area contributed by atoms with Crippen molar-refractivity contribution in [2.75, 3.05) is 6.54 Å². The highest BCUT2D eigenvalue weighted by Gasteiger charge is 2.30. The van der Waals surface area contributed by atoms with E-state index in [1.165, 1.54) is 18.4 Å². The van der Waals surface area contributed by atoms with Gasteiger partial charge in [0, 0.05) is 18.0 Å². The van der Waals surface area contributed by atoms with E-state index in [9.17, 15) is 0 Å². The fourth-order valence-corrected chi connectivity index (χ4v) is 1.66. The minimum Gasteiger partial charge on any atom is -0.361 e. The molecule has 1 saturated carbocycles. The molecule has 14 heavy (non-hydrogen) atoms. The van der Waals surface area contributed by atoms with Crippen LogP contribution < -0.4 is 5.32 Å². The lowest BCUT2D eigenvalue weighted by molar-refractivity contribution is 0.375. The highest BCUT2D eigenvalue weighted by atomic mass is 16.5. The first-order valence-corrected chi connectivity index (χ1v) is 5.48. The van der Waals surface area contributed by atoms with Gasteiger partial charge in [0.25, 0.3) is 0 Å². The maximum atomic E-state index is 5.36. The monoisotopic (exact) mass is 194 g/mol. The Balaban J connectivity index is 1.96. The minimum absolute atomic E-state index is 0.669. The molecule has 78 valence electrons. The van der Waals surface area contributed by atoms with Crippen LogP contribution in [0, 0.1) is 6.92 Å². The molecular weight excluding hydrogens is 176 g/mol. The number of nitrogens with one attached hydrogen (secondary N) is 1. The standard InChI is InChI=1S/C11H18N2O/c1-3-6-12-7-10-8(2)11(14-13-10)9-4-5-9/h9,12H,3-7H2,1-2H3. The predicted molar refractivity (Wildman–Crippen MR) is 55.2 cm³/mol. The molecule has 1 aromatic heterocycles. The summed E-state index contributed by atoms with van der Waals surface area (Å²) >= 11 is 0. The lowest BCUT2D eigenvalue weighted by atomic mass is 10.1. The number of nitrogens with zero attached hydrogens (tertiary/aromatic N) is 1. The van der Waals surface area contributed by atoms with E-state index in [0.717, 1.165) is 31.0 Å². The summed E-state index contributed by atoms with van der Waals surface area (Å²) in [6.07, 6.45) is 3.71. The largest absolute Gasteiger partial charge is 0.361 e. The van der Waals surface area contributed by atoms with Gasteiger partial charge in [0.1, 0.15) is 11.5 Å². The summed E-state index contributed by atoms with van der Waals surface area (Å²) < 4.78 is 5.36. The average Bonchev–Trinajstić information content (AvgIpc) is 2.95. The van der Waals surface area contributed by atoms with Gasteiger partial charge in [-0.3, -0.25) is 0 Å². The third-order valence-corrected chi connectivity index (χ3v) is 2.72. The molecule has 1 N–H and O–H groups in total. The predicted octanol–water partition coefficient (Wildman–Crippen LogP) is 2.36. The van der Waals surface area contributed by atoms with Crippen molar-refractivity contribution >= 4 is 0 Å². The molecule has 0 bridgehead atoms. The summed E-state index contributed by atoms with van der Waals surface area (Å²) in [7, 11) is 0. The maximum absolute atomic E-state index is 5.36. The zero-order valence-corrected chi connectivity index (χ0v) is 8.97. The van der Waals surface area contributed by atoms with Gasteiger partial charge < -0.3 is 9.84 Å². The van der Waals surface area contributed by atoms with Gasteiger partial charge >= 0.3 is 0 Å². The fraction of sp³-hybridized carbons (Fsp3) is 0.727. The molecule has 1 aliphatic carbocycles. The molecule has 3 heteroatoms. The van der Waals surface area contributed by atoms with E-state index < -0.39 is 0 Å². The quantitative estimate of drug-likeness (QED) is 0.731. The van der Waals surface area contributed by atoms with Crippen LogP contribution in [0.15, 0.2) is 4.52 Å². The van der Waals surface area contributed by atoms with Gasteiger partial charge in [-0.2, -0.15) is 0 Å². The van der Waals surface area contributed by atoms with Crippen molar-refractivity contribution in [1.82, 2.24) is 10.5 Å². The molecule has 1 heterocycles. The van der Waals surface area contributed by atoms with Gasteiger partial charge in [0.15, 0.2) is 0 Å². The lowest BCUT2D eigenvalue weighted by Gasteiger charge is -1.99. The van der Waals surface area contributed by atoms with Crippen LogP contribution in [0.3, 0.4) is 0 Å². The Labute approximate surface area is 84.9 Å². The molecule has 0 aliphatic heterocycles. The summed E-state index contributed by atoms with van der Waals surface area (Å²) in [5.74, 6) is 1.79. The van der Waals surface area contributed by atoms with E-state index in [-0.39, 0.29) is 0 Å². The van der Waals surface area contributed by atoms with Crippen LogP contribution in [0.2, 0.25) is 0 Å². The smallest absolute Gasteiger partial charge is 0.143 e. The summed E-state index contributed by atoms with van der Waals surface area (Å²) in [5, 5.41) is 7.45. The van der Waals surface area contributed by atoms with Crippen LogP contribution in [-0.4, -0.2) is 11.7 Å². The molecule has 1 aromatic rings. The van der Waals surface area contributed by atoms with E-state index >= 15 is 0 Å². The second kappa shape index (κ2) is 4.13. The number of rotatable bonds is 5. The van der Waals surface area contributed by atoms with Gasteiger partial charge in [-0.15, -0.1) is 0 Å². The van der Waals surface area contributed by atoms with E-state index in [4.69, 9.17) is 4.52 Å². The summed E-state index contributed by atoms with van der Waals surface area (Å²) in [5.41, 5.74) is 2.34. The molecule has 0 radical (unpaired) electrons. The van der Waals surface area contributed by atoms with Crippen LogP contribution in [0.4, 0.5) is 0 Å². The third kappa shape index (κ3) is 1.98. The molecule has 1 aliphatic rings. The Hall–Kier alpha value is -0.830. The molecule has 0 spiro atoms.